The van der Waals surface area contributed by atoms with Gasteiger partial charge in [0.15, 0.2) is 0 Å². The van der Waals surface area contributed by atoms with Crippen molar-refractivity contribution < 1.29 is 23.9 Å². The molecule has 11 heteroatoms. The van der Waals surface area contributed by atoms with Gasteiger partial charge in [-0.05, 0) is 146 Å². The predicted molar refractivity (Wildman–Crippen MR) is 243 cm³/mol. The van der Waals surface area contributed by atoms with Crippen LogP contribution >= 0.6 is 12.4 Å². The quantitative estimate of drug-likeness (QED) is 0.0290. The fourth-order valence-corrected chi connectivity index (χ4v) is 8.16. The van der Waals surface area contributed by atoms with E-state index in [0.29, 0.717) is 63.9 Å². The fraction of sp³-hybridized carbons (Fsp3) is 0.809. The predicted octanol–water partition coefficient (Wildman–Crippen LogP) is 9.21. The van der Waals surface area contributed by atoms with Gasteiger partial charge >= 0.3 is 5.97 Å². The van der Waals surface area contributed by atoms with E-state index in [4.69, 9.17) is 26.7 Å². The number of carbonyl (C=O) groups excluding carboxylic acids is 3. The maximum Gasteiger partial charge on any atom is 0.334 e. The van der Waals surface area contributed by atoms with E-state index in [1.807, 2.05) is 13.8 Å². The van der Waals surface area contributed by atoms with Gasteiger partial charge in [0, 0.05) is 18.5 Å². The number of halogens is 1. The van der Waals surface area contributed by atoms with Crippen molar-refractivity contribution in [3.8, 4) is 11.5 Å². The zero-order valence-corrected chi connectivity index (χ0v) is 38.9. The summed E-state index contributed by atoms with van der Waals surface area (Å²) in [7, 11) is 0. The second kappa shape index (κ2) is 29.0. The number of amides is 2. The van der Waals surface area contributed by atoms with Gasteiger partial charge in [-0.2, -0.15) is 0 Å². The van der Waals surface area contributed by atoms with Crippen molar-refractivity contribution in [2.75, 3.05) is 19.6 Å². The number of ether oxygens (including phenoxy) is 2. The molecule has 0 saturated heterocycles. The molecular weight excluding hydrogens is 750 g/mol. The Kier molecular flexibility index (Phi) is 26.8. The Labute approximate surface area is 359 Å². The second-order valence-electron chi connectivity index (χ2n) is 18.2. The SMILES string of the molecule is Cc1c(C)c2c(c(C)c1OC(=O)[C@H](CCCCNC(=O)[C@@H](N)CCCCN)NC(=O)CCCCCN)CC[C@@](C)(CCC[C@H](C)CCC[C@H](C)CCCC(C)C)O2.Cl. The molecule has 0 unspecified atom stereocenters. The van der Waals surface area contributed by atoms with Crippen LogP contribution in [0.15, 0.2) is 0 Å². The van der Waals surface area contributed by atoms with E-state index < -0.39 is 18.1 Å². The normalized spacial score (nSPS) is 17.0. The highest BCUT2D eigenvalue weighted by Gasteiger charge is 2.35. The van der Waals surface area contributed by atoms with E-state index in [1.165, 1.54) is 44.9 Å². The fourth-order valence-electron chi connectivity index (χ4n) is 8.16. The van der Waals surface area contributed by atoms with Gasteiger partial charge in [0.05, 0.1) is 6.04 Å². The third-order valence-electron chi connectivity index (χ3n) is 12.3. The minimum atomic E-state index is -0.809. The van der Waals surface area contributed by atoms with E-state index in [2.05, 4.69) is 52.2 Å². The van der Waals surface area contributed by atoms with E-state index in [0.717, 1.165) is 97.1 Å². The Bertz CT molecular complexity index is 1360. The molecule has 0 spiro atoms. The monoisotopic (exact) mass is 836 g/mol. The van der Waals surface area contributed by atoms with Crippen molar-refractivity contribution in [2.45, 2.75) is 208 Å². The molecule has 2 rings (SSSR count). The summed E-state index contributed by atoms with van der Waals surface area (Å²) in [6.45, 7) is 19.4. The van der Waals surface area contributed by atoms with Gasteiger partial charge in [-0.1, -0.05) is 85.5 Å². The molecule has 336 valence electrons. The van der Waals surface area contributed by atoms with Gasteiger partial charge in [0.25, 0.3) is 0 Å². The van der Waals surface area contributed by atoms with E-state index in [-0.39, 0.29) is 29.8 Å². The number of rotatable bonds is 30. The molecule has 0 radical (unpaired) electrons. The molecule has 0 aliphatic carbocycles. The van der Waals surface area contributed by atoms with Crippen molar-refractivity contribution in [2.24, 2.45) is 35.0 Å². The number of fused-ring (bicyclic) bond motifs is 1. The summed E-state index contributed by atoms with van der Waals surface area (Å²) < 4.78 is 13.1. The number of esters is 1. The van der Waals surface area contributed by atoms with Gasteiger partial charge in [-0.15, -0.1) is 12.4 Å². The Morgan fingerprint density at radius 1 is 0.741 bits per heavy atom. The van der Waals surface area contributed by atoms with Gasteiger partial charge in [0.1, 0.15) is 23.1 Å². The van der Waals surface area contributed by atoms with Gasteiger partial charge in [0.2, 0.25) is 11.8 Å². The highest BCUT2D eigenvalue weighted by Crippen LogP contribution is 2.45. The molecule has 1 aromatic rings. The first-order valence-electron chi connectivity index (χ1n) is 22.9. The summed E-state index contributed by atoms with van der Waals surface area (Å²) in [5.41, 5.74) is 20.9. The molecule has 1 aliphatic heterocycles. The van der Waals surface area contributed by atoms with Gasteiger partial charge < -0.3 is 37.3 Å². The number of nitrogens with one attached hydrogen (secondary N) is 2. The lowest BCUT2D eigenvalue weighted by molar-refractivity contribution is -0.139. The minimum absolute atomic E-state index is 0. The number of carbonyl (C=O) groups is 3. The van der Waals surface area contributed by atoms with Crippen molar-refractivity contribution in [3.05, 3.63) is 22.3 Å². The molecule has 8 N–H and O–H groups in total. The van der Waals surface area contributed by atoms with Crippen LogP contribution in [0, 0.1) is 38.5 Å². The molecule has 58 heavy (non-hydrogen) atoms. The molecule has 5 atom stereocenters. The van der Waals surface area contributed by atoms with Crippen LogP contribution in [0.2, 0.25) is 0 Å². The first kappa shape index (κ1) is 53.6. The molecule has 2 amide bonds. The smallest absolute Gasteiger partial charge is 0.334 e. The summed E-state index contributed by atoms with van der Waals surface area (Å²) in [5, 5.41) is 5.86. The lowest BCUT2D eigenvalue weighted by Crippen LogP contribution is -2.43. The molecule has 0 aromatic heterocycles. The Hall–Kier alpha value is -2.40. The van der Waals surface area contributed by atoms with E-state index in [9.17, 15) is 14.4 Å². The lowest BCUT2D eigenvalue weighted by Gasteiger charge is -2.38. The maximum atomic E-state index is 13.9. The average Bonchev–Trinajstić information content (AvgIpc) is 3.16. The van der Waals surface area contributed by atoms with Gasteiger partial charge in [-0.25, -0.2) is 4.79 Å². The van der Waals surface area contributed by atoms with Crippen LogP contribution in [0.1, 0.15) is 185 Å². The standard InChI is InChI=1S/C47H85N5O5.ClH/c1-33(2)19-16-20-34(3)21-17-22-35(4)23-18-28-47(8)29-27-39-38(7)43(36(5)37(6)44(39)57-47)56-46(55)41(52-42(53)26-10-9-13-30-48)25-12-15-32-51-45(54)40(50)24-11-14-31-49;/h33-35,40-41H,9-32,48-50H2,1-8H3,(H,51,54)(H,52,53);1H/t34-,35-,40+,41+,47-;/m1./s1. The zero-order chi connectivity index (χ0) is 42.4. The first-order chi connectivity index (χ1) is 27.1. The molecule has 1 aromatic carbocycles. The van der Waals surface area contributed by atoms with Crippen molar-refractivity contribution in [3.63, 3.8) is 0 Å². The average molecular weight is 837 g/mol. The highest BCUT2D eigenvalue weighted by molar-refractivity contribution is 5.86. The van der Waals surface area contributed by atoms with Crippen molar-refractivity contribution >= 4 is 30.2 Å². The maximum absolute atomic E-state index is 13.9. The summed E-state index contributed by atoms with van der Waals surface area (Å²) >= 11 is 0. The largest absolute Gasteiger partial charge is 0.487 e. The Morgan fingerprint density at radius 2 is 1.34 bits per heavy atom. The minimum Gasteiger partial charge on any atom is -0.487 e. The van der Waals surface area contributed by atoms with Crippen LogP contribution < -0.4 is 37.3 Å². The van der Waals surface area contributed by atoms with E-state index >= 15 is 0 Å². The first-order valence-corrected chi connectivity index (χ1v) is 22.9. The number of hydrogen-bond donors (Lipinski definition) is 5. The van der Waals surface area contributed by atoms with Crippen LogP contribution in [0.25, 0.3) is 0 Å². The molecule has 0 bridgehead atoms. The van der Waals surface area contributed by atoms with Crippen LogP contribution in [-0.4, -0.2) is 55.1 Å². The van der Waals surface area contributed by atoms with E-state index in [1.54, 1.807) is 0 Å². The summed E-state index contributed by atoms with van der Waals surface area (Å²) in [6, 6.07) is -1.37. The lowest BCUT2D eigenvalue weighted by atomic mass is 9.83. The molecule has 1 heterocycles. The highest BCUT2D eigenvalue weighted by atomic mass is 35.5. The van der Waals surface area contributed by atoms with Crippen LogP contribution in [0.3, 0.4) is 0 Å². The molecule has 0 saturated carbocycles. The number of nitrogens with two attached hydrogens (primary N) is 3. The molecule has 0 fully saturated rings. The molecular formula is C47H86ClN5O5. The van der Waals surface area contributed by atoms with Crippen LogP contribution in [0.5, 0.6) is 11.5 Å². The number of unbranched alkanes of at least 4 members (excludes halogenated alkanes) is 4. The molecule has 1 aliphatic rings. The molecule has 10 nitrogen and oxygen atoms in total. The third kappa shape index (κ3) is 19.8. The van der Waals surface area contributed by atoms with Crippen LogP contribution in [-0.2, 0) is 20.8 Å². The Morgan fingerprint density at radius 3 is 1.98 bits per heavy atom. The Balaban J connectivity index is 0.0000168. The summed E-state index contributed by atoms with van der Waals surface area (Å²) in [4.78, 5) is 39.2. The topological polar surface area (TPSA) is 172 Å². The summed E-state index contributed by atoms with van der Waals surface area (Å²) in [6.07, 6.45) is 19.8. The zero-order valence-electron chi connectivity index (χ0n) is 38.0. The number of hydrogen-bond acceptors (Lipinski definition) is 8. The van der Waals surface area contributed by atoms with Crippen molar-refractivity contribution in [1.29, 1.82) is 0 Å². The second-order valence-corrected chi connectivity index (χ2v) is 18.2. The number of benzene rings is 1. The van der Waals surface area contributed by atoms with Crippen molar-refractivity contribution in [1.82, 2.24) is 10.6 Å². The summed E-state index contributed by atoms with van der Waals surface area (Å²) in [5.74, 6) is 3.02. The van der Waals surface area contributed by atoms with Gasteiger partial charge in [-0.3, -0.25) is 9.59 Å². The van der Waals surface area contributed by atoms with Crippen LogP contribution in [0.4, 0.5) is 0 Å². The third-order valence-corrected chi connectivity index (χ3v) is 12.3.